The highest BCUT2D eigenvalue weighted by molar-refractivity contribution is 7.91. The Morgan fingerprint density at radius 2 is 1.86 bits per heavy atom. The lowest BCUT2D eigenvalue weighted by molar-refractivity contribution is -0.134. The number of aliphatic hydroxyl groups is 1. The van der Waals surface area contributed by atoms with E-state index < -0.39 is 22.0 Å². The second kappa shape index (κ2) is 8.53. The molecule has 0 spiro atoms. The zero-order valence-corrected chi connectivity index (χ0v) is 16.8. The molecule has 4 fully saturated rings. The van der Waals surface area contributed by atoms with E-state index in [1.165, 1.54) is 0 Å². The van der Waals surface area contributed by atoms with E-state index in [9.17, 15) is 18.3 Å². The van der Waals surface area contributed by atoms with Gasteiger partial charge in [-0.15, -0.1) is 0 Å². The minimum absolute atomic E-state index is 0.0269. The Labute approximate surface area is 165 Å². The number of rotatable bonds is 5. The third kappa shape index (κ3) is 4.68. The fourth-order valence-corrected chi connectivity index (χ4v) is 5.68. The van der Waals surface area contributed by atoms with Gasteiger partial charge in [-0.3, -0.25) is 4.79 Å². The molecule has 0 aromatic carbocycles. The molecule has 0 saturated carbocycles. The van der Waals surface area contributed by atoms with Crippen LogP contribution in [0.3, 0.4) is 0 Å². The van der Waals surface area contributed by atoms with Crippen LogP contribution in [0.15, 0.2) is 0 Å². The first kappa shape index (κ1) is 20.5. The number of ether oxygens (including phenoxy) is 3. The highest BCUT2D eigenvalue weighted by Crippen LogP contribution is 2.35. The molecule has 0 aromatic heterocycles. The van der Waals surface area contributed by atoms with Crippen LogP contribution in [0.2, 0.25) is 0 Å². The van der Waals surface area contributed by atoms with Crippen LogP contribution in [0.25, 0.3) is 0 Å². The highest BCUT2D eigenvalue weighted by Gasteiger charge is 2.50. The van der Waals surface area contributed by atoms with Crippen molar-refractivity contribution in [2.24, 2.45) is 0 Å². The van der Waals surface area contributed by atoms with Crippen LogP contribution in [0.1, 0.15) is 25.7 Å². The van der Waals surface area contributed by atoms with E-state index in [0.29, 0.717) is 19.0 Å². The highest BCUT2D eigenvalue weighted by atomic mass is 32.2. The minimum Gasteiger partial charge on any atom is -0.388 e. The maximum Gasteiger partial charge on any atom is 0.225 e. The van der Waals surface area contributed by atoms with Crippen molar-refractivity contribution < 1.29 is 32.5 Å². The van der Waals surface area contributed by atoms with Gasteiger partial charge in [0.15, 0.2) is 9.84 Å². The summed E-state index contributed by atoms with van der Waals surface area (Å²) in [5.41, 5.74) is 0. The van der Waals surface area contributed by atoms with E-state index in [1.807, 2.05) is 0 Å². The predicted octanol–water partition coefficient (Wildman–Crippen LogP) is -1.31. The Kier molecular flexibility index (Phi) is 6.24. The van der Waals surface area contributed by atoms with Crippen molar-refractivity contribution in [2.75, 3.05) is 44.4 Å². The summed E-state index contributed by atoms with van der Waals surface area (Å²) in [6.45, 7) is 2.60. The Hall–Kier alpha value is -0.780. The maximum atomic E-state index is 12.4. The van der Waals surface area contributed by atoms with E-state index in [4.69, 9.17) is 14.2 Å². The molecule has 4 heterocycles. The van der Waals surface area contributed by atoms with E-state index in [2.05, 4.69) is 5.32 Å². The zero-order chi connectivity index (χ0) is 19.7. The number of sulfone groups is 1. The van der Waals surface area contributed by atoms with Crippen LogP contribution in [0.4, 0.5) is 0 Å². The minimum atomic E-state index is -3.01. The third-order valence-electron chi connectivity index (χ3n) is 6.21. The van der Waals surface area contributed by atoms with Crippen LogP contribution >= 0.6 is 0 Å². The molecule has 0 aliphatic carbocycles. The molecule has 4 aliphatic rings. The van der Waals surface area contributed by atoms with Gasteiger partial charge in [-0.2, -0.15) is 0 Å². The number of carbonyl (C=O) groups excluding carboxylic acids is 1. The Balaban J connectivity index is 1.21. The number of hydrogen-bond donors (Lipinski definition) is 2. The monoisotopic (exact) mass is 418 g/mol. The van der Waals surface area contributed by atoms with Crippen molar-refractivity contribution in [3.8, 4) is 0 Å². The molecule has 4 aliphatic heterocycles. The quantitative estimate of drug-likeness (QED) is 0.566. The first-order valence-electron chi connectivity index (χ1n) is 10.2. The topological polar surface area (TPSA) is 114 Å². The summed E-state index contributed by atoms with van der Waals surface area (Å²) in [5, 5.41) is 14.0. The molecule has 9 nitrogen and oxygen atoms in total. The zero-order valence-electron chi connectivity index (χ0n) is 16.0. The fourth-order valence-electron chi connectivity index (χ4n) is 4.48. The average molecular weight is 419 g/mol. The summed E-state index contributed by atoms with van der Waals surface area (Å²) in [5.74, 6) is -0.0368. The van der Waals surface area contributed by atoms with Gasteiger partial charge in [-0.1, -0.05) is 0 Å². The smallest absolute Gasteiger partial charge is 0.225 e. The summed E-state index contributed by atoms with van der Waals surface area (Å²) in [4.78, 5) is 14.0. The van der Waals surface area contributed by atoms with Gasteiger partial charge in [0.25, 0.3) is 0 Å². The summed E-state index contributed by atoms with van der Waals surface area (Å²) in [7, 11) is -3.01. The number of nitrogens with one attached hydrogen (secondary N) is 1. The van der Waals surface area contributed by atoms with Gasteiger partial charge in [-0.05, 0) is 12.8 Å². The number of fused-ring (bicyclic) bond motifs is 1. The Morgan fingerprint density at radius 3 is 2.54 bits per heavy atom. The van der Waals surface area contributed by atoms with Gasteiger partial charge in [0.2, 0.25) is 5.91 Å². The van der Waals surface area contributed by atoms with E-state index in [1.54, 1.807) is 4.90 Å². The fraction of sp³-hybridized carbons (Fsp3) is 0.944. The molecule has 5 unspecified atom stereocenters. The second-order valence-corrected chi connectivity index (χ2v) is 10.5. The van der Waals surface area contributed by atoms with Gasteiger partial charge >= 0.3 is 0 Å². The number of nitrogens with zero attached hydrogens (tertiary/aromatic N) is 1. The second-order valence-electron chi connectivity index (χ2n) is 8.19. The van der Waals surface area contributed by atoms with Crippen LogP contribution in [0, 0.1) is 0 Å². The lowest BCUT2D eigenvalue weighted by Crippen LogP contribution is -2.45. The standard InChI is InChI=1S/C18H30N2O7S/c21-16(20-3-7-28(23,24)8-4-20)10-13-9-14-18(26-13)17(22)15(27-14)11-19-12-1-5-25-6-2-12/h12-15,17-19,22H,1-11H2. The molecule has 28 heavy (non-hydrogen) atoms. The van der Waals surface area contributed by atoms with E-state index >= 15 is 0 Å². The Bertz CT molecular complexity index is 653. The number of hydrogen-bond acceptors (Lipinski definition) is 8. The Morgan fingerprint density at radius 1 is 1.14 bits per heavy atom. The van der Waals surface area contributed by atoms with Gasteiger partial charge in [0.05, 0.1) is 36.2 Å². The lowest BCUT2D eigenvalue weighted by Gasteiger charge is -2.28. The molecule has 0 aromatic rings. The molecule has 0 bridgehead atoms. The number of amides is 1. The van der Waals surface area contributed by atoms with Crippen molar-refractivity contribution in [3.63, 3.8) is 0 Å². The first-order valence-corrected chi connectivity index (χ1v) is 12.0. The molecule has 4 saturated heterocycles. The van der Waals surface area contributed by atoms with Crippen molar-refractivity contribution >= 4 is 15.7 Å². The maximum absolute atomic E-state index is 12.4. The van der Waals surface area contributed by atoms with Crippen LogP contribution in [-0.2, 0) is 28.8 Å². The predicted molar refractivity (Wildman–Crippen MR) is 99.6 cm³/mol. The molecule has 10 heteroatoms. The lowest BCUT2D eigenvalue weighted by atomic mass is 10.1. The van der Waals surface area contributed by atoms with Crippen molar-refractivity contribution in [2.45, 2.75) is 62.2 Å². The number of aliphatic hydroxyl groups excluding tert-OH is 1. The van der Waals surface area contributed by atoms with Gasteiger partial charge < -0.3 is 29.5 Å². The molecule has 0 radical (unpaired) electrons. The summed E-state index contributed by atoms with van der Waals surface area (Å²) >= 11 is 0. The first-order chi connectivity index (χ1) is 13.4. The van der Waals surface area contributed by atoms with E-state index in [-0.39, 0.29) is 55.2 Å². The average Bonchev–Trinajstić information content (AvgIpc) is 3.19. The summed E-state index contributed by atoms with van der Waals surface area (Å²) in [6, 6.07) is 0.393. The summed E-state index contributed by atoms with van der Waals surface area (Å²) < 4.78 is 40.3. The molecular weight excluding hydrogens is 388 g/mol. The van der Waals surface area contributed by atoms with Crippen LogP contribution < -0.4 is 5.32 Å². The molecule has 160 valence electrons. The number of carbonyl (C=O) groups is 1. The largest absolute Gasteiger partial charge is 0.388 e. The molecule has 2 N–H and O–H groups in total. The molecule has 5 atom stereocenters. The van der Waals surface area contributed by atoms with Gasteiger partial charge in [0.1, 0.15) is 12.2 Å². The molecule has 4 rings (SSSR count). The summed E-state index contributed by atoms with van der Waals surface area (Å²) in [6.07, 6.45) is 0.806. The van der Waals surface area contributed by atoms with Gasteiger partial charge in [0, 0.05) is 45.3 Å². The van der Waals surface area contributed by atoms with E-state index in [0.717, 1.165) is 26.1 Å². The van der Waals surface area contributed by atoms with Crippen LogP contribution in [0.5, 0.6) is 0 Å². The molecular formula is C18H30N2O7S. The van der Waals surface area contributed by atoms with Crippen molar-refractivity contribution in [1.29, 1.82) is 0 Å². The van der Waals surface area contributed by atoms with Crippen molar-refractivity contribution in [3.05, 3.63) is 0 Å². The van der Waals surface area contributed by atoms with Crippen LogP contribution in [-0.4, -0.2) is 105 Å². The normalized spacial score (nSPS) is 38.5. The SMILES string of the molecule is O=C(CC1CC2OC(CNC3CCOCC3)C(O)C2O1)N1CCS(=O)(=O)CC1. The third-order valence-corrected chi connectivity index (χ3v) is 7.82. The van der Waals surface area contributed by atoms with Crippen molar-refractivity contribution in [1.82, 2.24) is 10.2 Å². The molecule has 1 amide bonds. The van der Waals surface area contributed by atoms with Gasteiger partial charge in [-0.25, -0.2) is 8.42 Å².